The smallest absolute Gasteiger partial charge is 0.211 e. The van der Waals surface area contributed by atoms with Crippen molar-refractivity contribution in [3.8, 4) is 11.3 Å². The Hall–Kier alpha value is -1.22. The van der Waals surface area contributed by atoms with Crippen LogP contribution in [0.1, 0.15) is 5.69 Å². The molecule has 4 N–H and O–H groups in total. The fourth-order valence-electron chi connectivity index (χ4n) is 1.98. The van der Waals surface area contributed by atoms with Gasteiger partial charge < -0.3 is 16.0 Å². The van der Waals surface area contributed by atoms with E-state index >= 15 is 0 Å². The van der Waals surface area contributed by atoms with Crippen molar-refractivity contribution in [2.75, 3.05) is 5.75 Å². The van der Waals surface area contributed by atoms with Crippen molar-refractivity contribution >= 4 is 58.5 Å². The molecule has 3 heterocycles. The zero-order valence-electron chi connectivity index (χ0n) is 10.6. The number of hydrogen-bond acceptors (Lipinski definition) is 5. The summed E-state index contributed by atoms with van der Waals surface area (Å²) < 4.78 is 3.27. The molecule has 2 aromatic heterocycles. The number of thiophene rings is 1. The molecule has 1 aliphatic heterocycles. The summed E-state index contributed by atoms with van der Waals surface area (Å²) >= 11 is 15.2. The monoisotopic (exact) mass is 360 g/mol. The number of thioether (sulfide) groups is 1. The highest BCUT2D eigenvalue weighted by Gasteiger charge is 2.24. The summed E-state index contributed by atoms with van der Waals surface area (Å²) in [6.07, 6.45) is 1.58. The van der Waals surface area contributed by atoms with Gasteiger partial charge in [-0.3, -0.25) is 0 Å². The number of imidazole rings is 1. The second-order valence-corrected chi connectivity index (χ2v) is 7.48. The maximum atomic E-state index is 6.22. The van der Waals surface area contributed by atoms with Gasteiger partial charge in [-0.15, -0.1) is 16.4 Å². The van der Waals surface area contributed by atoms with E-state index in [2.05, 4.69) is 19.8 Å². The molecule has 0 aromatic carbocycles. The van der Waals surface area contributed by atoms with Crippen molar-refractivity contribution in [1.29, 1.82) is 0 Å². The van der Waals surface area contributed by atoms with Gasteiger partial charge in [-0.1, -0.05) is 35.0 Å². The number of aromatic nitrogens is 2. The van der Waals surface area contributed by atoms with Crippen LogP contribution in [0.2, 0.25) is 8.67 Å². The van der Waals surface area contributed by atoms with Gasteiger partial charge in [0.05, 0.1) is 16.2 Å². The van der Waals surface area contributed by atoms with E-state index in [9.17, 15) is 0 Å². The molecule has 2 aromatic rings. The van der Waals surface area contributed by atoms with E-state index in [-0.39, 0.29) is 5.96 Å². The number of hydrogen-bond donors (Lipinski definition) is 2. The molecule has 0 atom stereocenters. The molecular weight excluding hydrogens is 351 g/mol. The number of nitrogens with zero attached hydrogens (tertiary/aromatic N) is 4. The lowest BCUT2D eigenvalue weighted by molar-refractivity contribution is 0.715. The number of guanidine groups is 1. The molecule has 3 rings (SSSR count). The molecular formula is C11H10Cl2N6S2. The van der Waals surface area contributed by atoms with Crippen LogP contribution in [0, 0.1) is 0 Å². The lowest BCUT2D eigenvalue weighted by Crippen LogP contribution is -2.21. The molecule has 0 unspecified atom stereocenters. The van der Waals surface area contributed by atoms with Crippen LogP contribution in [0.15, 0.2) is 21.4 Å². The van der Waals surface area contributed by atoms with Crippen LogP contribution < -0.4 is 11.5 Å². The molecule has 0 saturated heterocycles. The van der Waals surface area contributed by atoms with Crippen LogP contribution >= 0.6 is 46.3 Å². The minimum absolute atomic E-state index is 0.0973. The average Bonchev–Trinajstić information content (AvgIpc) is 3.05. The molecule has 21 heavy (non-hydrogen) atoms. The topological polar surface area (TPSA) is 94.6 Å². The van der Waals surface area contributed by atoms with Crippen molar-refractivity contribution in [1.82, 2.24) is 9.55 Å². The Bertz CT molecular complexity index is 744. The normalized spacial score (nSPS) is 13.8. The number of fused-ring (bicyclic) bond motifs is 1. The first kappa shape index (κ1) is 14.7. The molecule has 0 spiro atoms. The average molecular weight is 361 g/mol. The zero-order chi connectivity index (χ0) is 15.0. The second-order valence-electron chi connectivity index (χ2n) is 4.14. The van der Waals surface area contributed by atoms with Crippen molar-refractivity contribution < 1.29 is 0 Å². The first-order chi connectivity index (χ1) is 10.1. The molecule has 1 aliphatic rings. The summed E-state index contributed by atoms with van der Waals surface area (Å²) in [4.78, 5) is 4.62. The van der Waals surface area contributed by atoms with Crippen molar-refractivity contribution in [3.05, 3.63) is 20.4 Å². The Labute approximate surface area is 138 Å². The van der Waals surface area contributed by atoms with Gasteiger partial charge in [0, 0.05) is 17.9 Å². The SMILES string of the molecule is NC(N)=N/N=C/c1c(-c2cc(Cl)sc2Cl)nc2n1CCS2. The van der Waals surface area contributed by atoms with Crippen LogP contribution in [-0.2, 0) is 6.54 Å². The maximum absolute atomic E-state index is 6.22. The van der Waals surface area contributed by atoms with Crippen molar-refractivity contribution in [3.63, 3.8) is 0 Å². The minimum atomic E-state index is -0.0973. The van der Waals surface area contributed by atoms with E-state index in [1.54, 1.807) is 24.0 Å². The highest BCUT2D eigenvalue weighted by atomic mass is 35.5. The molecule has 0 saturated carbocycles. The predicted octanol–water partition coefficient (Wildman–Crippen LogP) is 2.63. The lowest BCUT2D eigenvalue weighted by Gasteiger charge is -2.01. The van der Waals surface area contributed by atoms with E-state index in [1.165, 1.54) is 11.3 Å². The van der Waals surface area contributed by atoms with Gasteiger partial charge in [0.15, 0.2) is 5.16 Å². The minimum Gasteiger partial charge on any atom is -0.369 e. The summed E-state index contributed by atoms with van der Waals surface area (Å²) in [6.45, 7) is 0.853. The van der Waals surface area contributed by atoms with Gasteiger partial charge in [-0.2, -0.15) is 5.10 Å². The Kier molecular flexibility index (Phi) is 4.12. The highest BCUT2D eigenvalue weighted by Crippen LogP contribution is 2.41. The third-order valence-electron chi connectivity index (χ3n) is 2.78. The number of nitrogens with two attached hydrogens (primary N) is 2. The van der Waals surface area contributed by atoms with Crippen LogP contribution in [0.25, 0.3) is 11.3 Å². The summed E-state index contributed by atoms with van der Waals surface area (Å²) in [6, 6.07) is 1.80. The molecule has 10 heteroatoms. The molecule has 0 radical (unpaired) electrons. The standard InChI is InChI=1S/C11H10Cl2N6S2/c12-7-3-5(9(13)21-7)8-6(4-16-18-10(14)15)19-1-2-20-11(19)17-8/h3-4H,1-2H2,(H4,14,15,18)/b16-4+. The summed E-state index contributed by atoms with van der Waals surface area (Å²) in [7, 11) is 0. The van der Waals surface area contributed by atoms with Gasteiger partial charge in [-0.25, -0.2) is 4.98 Å². The molecule has 6 nitrogen and oxygen atoms in total. The van der Waals surface area contributed by atoms with Gasteiger partial charge in [0.1, 0.15) is 10.0 Å². The summed E-state index contributed by atoms with van der Waals surface area (Å²) in [5.74, 6) is 0.879. The van der Waals surface area contributed by atoms with Gasteiger partial charge in [-0.05, 0) is 6.07 Å². The van der Waals surface area contributed by atoms with Gasteiger partial charge in [0.25, 0.3) is 0 Å². The number of rotatable bonds is 3. The van der Waals surface area contributed by atoms with Gasteiger partial charge in [0.2, 0.25) is 5.96 Å². The van der Waals surface area contributed by atoms with Crippen LogP contribution in [0.4, 0.5) is 0 Å². The van der Waals surface area contributed by atoms with Crippen LogP contribution in [0.3, 0.4) is 0 Å². The quantitative estimate of drug-likeness (QED) is 0.499. The Balaban J connectivity index is 2.11. The first-order valence-corrected chi connectivity index (χ1v) is 8.42. The van der Waals surface area contributed by atoms with Crippen LogP contribution in [0.5, 0.6) is 0 Å². The molecule has 0 amide bonds. The van der Waals surface area contributed by atoms with Crippen molar-refractivity contribution in [2.45, 2.75) is 11.7 Å². The Morgan fingerprint density at radius 1 is 1.43 bits per heavy atom. The lowest BCUT2D eigenvalue weighted by atomic mass is 10.2. The van der Waals surface area contributed by atoms with Gasteiger partial charge >= 0.3 is 0 Å². The largest absolute Gasteiger partial charge is 0.369 e. The fourth-order valence-corrected chi connectivity index (χ4v) is 4.40. The molecule has 0 fully saturated rings. The van der Waals surface area contributed by atoms with Crippen molar-refractivity contribution in [2.24, 2.45) is 21.7 Å². The molecule has 0 aliphatic carbocycles. The number of halogens is 2. The Morgan fingerprint density at radius 2 is 2.24 bits per heavy atom. The maximum Gasteiger partial charge on any atom is 0.211 e. The Morgan fingerprint density at radius 3 is 2.90 bits per heavy atom. The third-order valence-corrected chi connectivity index (χ3v) is 5.23. The van der Waals surface area contributed by atoms with E-state index in [0.717, 1.165) is 34.4 Å². The third kappa shape index (κ3) is 2.89. The fraction of sp³-hybridized carbons (Fsp3) is 0.182. The van der Waals surface area contributed by atoms with E-state index < -0.39 is 0 Å². The van der Waals surface area contributed by atoms with E-state index in [1.807, 2.05) is 0 Å². The molecule has 110 valence electrons. The first-order valence-electron chi connectivity index (χ1n) is 5.86. The molecule has 0 bridgehead atoms. The summed E-state index contributed by atoms with van der Waals surface area (Å²) in [5.41, 5.74) is 12.9. The van der Waals surface area contributed by atoms with Crippen LogP contribution in [-0.4, -0.2) is 27.5 Å². The highest BCUT2D eigenvalue weighted by molar-refractivity contribution is 7.99. The summed E-state index contributed by atoms with van der Waals surface area (Å²) in [5, 5.41) is 8.43. The predicted molar refractivity (Wildman–Crippen MR) is 89.7 cm³/mol. The second kappa shape index (κ2) is 5.88. The van der Waals surface area contributed by atoms with E-state index in [0.29, 0.717) is 8.67 Å². The zero-order valence-corrected chi connectivity index (χ0v) is 13.7. The van der Waals surface area contributed by atoms with E-state index in [4.69, 9.17) is 34.7 Å².